The normalized spacial score (nSPS) is 22.5. The SMILES string of the molecule is CN1CCCC2CN(c3nc(-n4ccc(OCCC5(C)CC5)n4)ccc3C(=O)NS(=O)(=O)c3cccc1n3)C(C)(C)C2. The van der Waals surface area contributed by atoms with Crippen LogP contribution >= 0.6 is 0 Å². The molecule has 0 radical (unpaired) electrons. The summed E-state index contributed by atoms with van der Waals surface area (Å²) in [6.45, 7) is 8.61. The van der Waals surface area contributed by atoms with Crippen molar-refractivity contribution in [3.05, 3.63) is 48.2 Å². The van der Waals surface area contributed by atoms with Crippen molar-refractivity contribution in [1.82, 2.24) is 24.5 Å². The van der Waals surface area contributed by atoms with Crippen molar-refractivity contribution in [1.29, 1.82) is 0 Å². The van der Waals surface area contributed by atoms with Gasteiger partial charge in [-0.15, -0.1) is 5.10 Å². The Balaban J connectivity index is 1.35. The first-order chi connectivity index (χ1) is 19.9. The molecule has 1 N–H and O–H groups in total. The van der Waals surface area contributed by atoms with Crippen LogP contribution in [0.4, 0.5) is 11.6 Å². The topological polar surface area (TPSA) is 123 Å². The second kappa shape index (κ2) is 10.6. The quantitative estimate of drug-likeness (QED) is 0.464. The molecule has 1 amide bonds. The first-order valence-electron chi connectivity index (χ1n) is 14.7. The largest absolute Gasteiger partial charge is 0.477 e. The number of rotatable bonds is 5. The van der Waals surface area contributed by atoms with Gasteiger partial charge in [-0.25, -0.2) is 19.4 Å². The van der Waals surface area contributed by atoms with E-state index in [9.17, 15) is 13.2 Å². The van der Waals surface area contributed by atoms with Crippen LogP contribution in [0, 0.1) is 11.3 Å². The third kappa shape index (κ3) is 5.81. The molecule has 1 saturated carbocycles. The molecule has 42 heavy (non-hydrogen) atoms. The summed E-state index contributed by atoms with van der Waals surface area (Å²) in [5.74, 6) is 1.65. The van der Waals surface area contributed by atoms with E-state index in [1.807, 2.05) is 11.9 Å². The molecule has 0 spiro atoms. The second-order valence-electron chi connectivity index (χ2n) is 12.9. The van der Waals surface area contributed by atoms with Crippen molar-refractivity contribution in [3.63, 3.8) is 0 Å². The summed E-state index contributed by atoms with van der Waals surface area (Å²) in [6, 6.07) is 9.91. The fraction of sp³-hybridized carbons (Fsp3) is 0.533. The zero-order chi connectivity index (χ0) is 29.7. The number of amides is 1. The molecule has 1 aliphatic carbocycles. The molecule has 1 saturated heterocycles. The van der Waals surface area contributed by atoms with Crippen LogP contribution in [-0.2, 0) is 10.0 Å². The Morgan fingerprint density at radius 1 is 1.07 bits per heavy atom. The summed E-state index contributed by atoms with van der Waals surface area (Å²) < 4.78 is 36.3. The van der Waals surface area contributed by atoms with Crippen LogP contribution in [0.3, 0.4) is 0 Å². The first kappa shape index (κ1) is 28.4. The van der Waals surface area contributed by atoms with Gasteiger partial charge in [-0.3, -0.25) is 4.79 Å². The van der Waals surface area contributed by atoms with Crippen LogP contribution in [0.25, 0.3) is 5.82 Å². The predicted octanol–water partition coefficient (Wildman–Crippen LogP) is 4.18. The Morgan fingerprint density at radius 2 is 1.88 bits per heavy atom. The predicted molar refractivity (Wildman–Crippen MR) is 160 cm³/mol. The summed E-state index contributed by atoms with van der Waals surface area (Å²) in [4.78, 5) is 27.0. The van der Waals surface area contributed by atoms with Crippen LogP contribution < -0.4 is 19.3 Å². The van der Waals surface area contributed by atoms with Crippen molar-refractivity contribution in [3.8, 4) is 11.7 Å². The average Bonchev–Trinajstić information content (AvgIpc) is 3.34. The molecule has 2 aliphatic heterocycles. The van der Waals surface area contributed by atoms with Crippen molar-refractivity contribution >= 4 is 27.6 Å². The fourth-order valence-electron chi connectivity index (χ4n) is 6.01. The van der Waals surface area contributed by atoms with Crippen LogP contribution in [0.5, 0.6) is 5.88 Å². The number of ether oxygens (including phenoxy) is 1. The minimum absolute atomic E-state index is 0.181. The highest BCUT2D eigenvalue weighted by Gasteiger charge is 2.41. The van der Waals surface area contributed by atoms with E-state index in [4.69, 9.17) is 9.72 Å². The van der Waals surface area contributed by atoms with E-state index in [1.54, 1.807) is 41.2 Å². The summed E-state index contributed by atoms with van der Waals surface area (Å²) in [6.07, 6.45) is 8.11. The molecule has 6 rings (SSSR count). The summed E-state index contributed by atoms with van der Waals surface area (Å²) >= 11 is 0. The lowest BCUT2D eigenvalue weighted by molar-refractivity contribution is 0.0981. The molecule has 224 valence electrons. The number of carbonyl (C=O) groups excluding carboxylic acids is 1. The Hall–Kier alpha value is -3.67. The van der Waals surface area contributed by atoms with Gasteiger partial charge in [0.05, 0.1) is 12.2 Å². The van der Waals surface area contributed by atoms with Gasteiger partial charge < -0.3 is 14.5 Å². The molecule has 3 aromatic heterocycles. The van der Waals surface area contributed by atoms with Gasteiger partial charge in [0.15, 0.2) is 10.8 Å². The summed E-state index contributed by atoms with van der Waals surface area (Å²) in [7, 11) is -2.33. The number of nitrogens with one attached hydrogen (secondary N) is 1. The highest BCUT2D eigenvalue weighted by molar-refractivity contribution is 7.90. The Bertz CT molecular complexity index is 1600. The Kier molecular flexibility index (Phi) is 7.15. The standard InChI is InChI=1S/C30H39N7O4S/c1-29(2)19-21-7-6-16-35(4)23-8-5-9-26(31-23)42(39,40)34-28(38)22-10-11-24(32-27(22)36(29)20-21)37-17-12-25(33-37)41-18-15-30(3)13-14-30/h5,8-12,17,21H,6-7,13-16,18-20H2,1-4H3,(H,34,38). The third-order valence-corrected chi connectivity index (χ3v) is 10.1. The van der Waals surface area contributed by atoms with Crippen molar-refractivity contribution in [2.45, 2.75) is 69.9 Å². The maximum absolute atomic E-state index is 13.6. The van der Waals surface area contributed by atoms with Crippen LogP contribution in [-0.4, -0.2) is 66.4 Å². The molecule has 12 heteroatoms. The van der Waals surface area contributed by atoms with Crippen LogP contribution in [0.15, 0.2) is 47.6 Å². The molecular formula is C30H39N7O4S. The maximum atomic E-state index is 13.6. The highest BCUT2D eigenvalue weighted by atomic mass is 32.2. The van der Waals surface area contributed by atoms with E-state index in [0.29, 0.717) is 47.8 Å². The molecule has 11 nitrogen and oxygen atoms in total. The number of hydrogen-bond donors (Lipinski definition) is 1. The monoisotopic (exact) mass is 593 g/mol. The van der Waals surface area contributed by atoms with Gasteiger partial charge in [0.1, 0.15) is 11.6 Å². The molecule has 2 fully saturated rings. The lowest BCUT2D eigenvalue weighted by Crippen LogP contribution is -2.41. The molecular weight excluding hydrogens is 554 g/mol. The molecule has 4 bridgehead atoms. The minimum Gasteiger partial charge on any atom is -0.477 e. The zero-order valence-electron chi connectivity index (χ0n) is 24.7. The van der Waals surface area contributed by atoms with E-state index >= 15 is 0 Å². The third-order valence-electron chi connectivity index (χ3n) is 8.89. The number of aromatic nitrogens is 4. The van der Waals surface area contributed by atoms with E-state index in [-0.39, 0.29) is 16.1 Å². The Labute approximate surface area is 247 Å². The summed E-state index contributed by atoms with van der Waals surface area (Å²) in [5, 5.41) is 4.37. The maximum Gasteiger partial charge on any atom is 0.281 e. The fourth-order valence-corrected chi connectivity index (χ4v) is 6.94. The molecule has 3 aliphatic rings. The lowest BCUT2D eigenvalue weighted by atomic mass is 9.93. The first-order valence-corrected chi connectivity index (χ1v) is 16.1. The van der Waals surface area contributed by atoms with E-state index < -0.39 is 15.9 Å². The lowest BCUT2D eigenvalue weighted by Gasteiger charge is -2.34. The van der Waals surface area contributed by atoms with Crippen molar-refractivity contribution in [2.24, 2.45) is 11.3 Å². The molecule has 1 atom stereocenters. The van der Waals surface area contributed by atoms with Crippen LogP contribution in [0.1, 0.15) is 69.7 Å². The van der Waals surface area contributed by atoms with E-state index in [2.05, 4.69) is 40.5 Å². The van der Waals surface area contributed by atoms with E-state index in [1.165, 1.54) is 18.9 Å². The van der Waals surface area contributed by atoms with Crippen molar-refractivity contribution < 1.29 is 17.9 Å². The Morgan fingerprint density at radius 3 is 2.67 bits per heavy atom. The summed E-state index contributed by atoms with van der Waals surface area (Å²) in [5.41, 5.74) is 0.284. The average molecular weight is 594 g/mol. The highest BCUT2D eigenvalue weighted by Crippen LogP contribution is 2.48. The molecule has 0 aromatic carbocycles. The molecule has 5 heterocycles. The molecule has 3 aromatic rings. The number of carbonyl (C=O) groups is 1. The second-order valence-corrected chi connectivity index (χ2v) is 14.5. The number of hydrogen-bond acceptors (Lipinski definition) is 9. The number of anilines is 2. The number of sulfonamides is 1. The van der Waals surface area contributed by atoms with Gasteiger partial charge in [-0.2, -0.15) is 8.42 Å². The van der Waals surface area contributed by atoms with Gasteiger partial charge in [-0.05, 0) is 88.0 Å². The number of pyridine rings is 2. The molecule has 1 unspecified atom stereocenters. The smallest absolute Gasteiger partial charge is 0.281 e. The number of nitrogens with zero attached hydrogens (tertiary/aromatic N) is 6. The minimum atomic E-state index is -4.23. The van der Waals surface area contributed by atoms with Crippen LogP contribution in [0.2, 0.25) is 0 Å². The van der Waals surface area contributed by atoms with Gasteiger partial charge in [0, 0.05) is 37.9 Å². The van der Waals surface area contributed by atoms with Gasteiger partial charge >= 0.3 is 0 Å². The van der Waals surface area contributed by atoms with Gasteiger partial charge in [0.25, 0.3) is 15.9 Å². The van der Waals surface area contributed by atoms with E-state index in [0.717, 1.165) is 32.2 Å². The zero-order valence-corrected chi connectivity index (χ0v) is 25.5. The van der Waals surface area contributed by atoms with Gasteiger partial charge in [-0.1, -0.05) is 13.0 Å². The van der Waals surface area contributed by atoms with Gasteiger partial charge in [0.2, 0.25) is 5.88 Å². The van der Waals surface area contributed by atoms with Crippen molar-refractivity contribution in [2.75, 3.05) is 36.5 Å². The number of fused-ring (bicyclic) bond motifs is 6.